The predicted molar refractivity (Wildman–Crippen MR) is 83.9 cm³/mol. The minimum Gasteiger partial charge on any atom is -0.377 e. The number of anilines is 1. The number of hydrogen-bond acceptors (Lipinski definition) is 3. The molecule has 0 spiro atoms. The molecule has 0 aromatic heterocycles. The lowest BCUT2D eigenvalue weighted by molar-refractivity contribution is -0.116. The zero-order valence-corrected chi connectivity index (χ0v) is 13.5. The summed E-state index contributed by atoms with van der Waals surface area (Å²) in [4.78, 5) is 11.9. The molecule has 1 aromatic carbocycles. The Morgan fingerprint density at radius 1 is 1.50 bits per heavy atom. The number of halogens is 1. The van der Waals surface area contributed by atoms with Gasteiger partial charge in [0.15, 0.2) is 0 Å². The van der Waals surface area contributed by atoms with Crippen molar-refractivity contribution in [2.75, 3.05) is 18.5 Å². The zero-order valence-electron chi connectivity index (χ0n) is 11.9. The molecule has 1 heterocycles. The van der Waals surface area contributed by atoms with Crippen LogP contribution in [0.5, 0.6) is 0 Å². The van der Waals surface area contributed by atoms with Crippen molar-refractivity contribution < 1.29 is 9.53 Å². The molecular formula is C15H21BrN2O2. The summed E-state index contributed by atoms with van der Waals surface area (Å²) in [6.45, 7) is 5.54. The van der Waals surface area contributed by atoms with Crippen LogP contribution in [0.15, 0.2) is 22.7 Å². The Morgan fingerprint density at radius 3 is 2.95 bits per heavy atom. The molecule has 1 saturated heterocycles. The molecule has 0 unspecified atom stereocenters. The quantitative estimate of drug-likeness (QED) is 0.866. The van der Waals surface area contributed by atoms with Crippen molar-refractivity contribution in [1.82, 2.24) is 5.32 Å². The highest BCUT2D eigenvalue weighted by Crippen LogP contribution is 2.20. The molecule has 0 aliphatic carbocycles. The first-order valence-electron chi connectivity index (χ1n) is 6.97. The summed E-state index contributed by atoms with van der Waals surface area (Å²) < 4.78 is 6.50. The fourth-order valence-corrected chi connectivity index (χ4v) is 2.83. The van der Waals surface area contributed by atoms with Crippen LogP contribution >= 0.6 is 15.9 Å². The van der Waals surface area contributed by atoms with E-state index >= 15 is 0 Å². The van der Waals surface area contributed by atoms with Gasteiger partial charge in [0.2, 0.25) is 5.91 Å². The number of rotatable bonds is 5. The summed E-state index contributed by atoms with van der Waals surface area (Å²) in [7, 11) is 0. The summed E-state index contributed by atoms with van der Waals surface area (Å²) in [5.74, 6) is 0.0366. The molecule has 4 nitrogen and oxygen atoms in total. The van der Waals surface area contributed by atoms with Crippen molar-refractivity contribution in [2.45, 2.75) is 38.8 Å². The molecule has 20 heavy (non-hydrogen) atoms. The van der Waals surface area contributed by atoms with Gasteiger partial charge in [-0.05, 0) is 44.0 Å². The third-order valence-corrected chi connectivity index (χ3v) is 4.09. The lowest BCUT2D eigenvalue weighted by Crippen LogP contribution is -2.36. The van der Waals surface area contributed by atoms with E-state index in [1.807, 2.05) is 25.1 Å². The van der Waals surface area contributed by atoms with Gasteiger partial charge in [-0.15, -0.1) is 0 Å². The van der Waals surface area contributed by atoms with Crippen LogP contribution in [0.1, 0.15) is 25.3 Å². The van der Waals surface area contributed by atoms with Crippen molar-refractivity contribution in [2.24, 2.45) is 0 Å². The van der Waals surface area contributed by atoms with Gasteiger partial charge in [0.1, 0.15) is 0 Å². The standard InChI is InChI=1S/C15H21BrN2O2/c1-10-9-12(16)3-4-13(10)18-15(19)5-7-17-14-6-8-20-11(14)2/h3-4,9,11,14,17H,5-8H2,1-2H3,(H,18,19)/t11-,14+/m0/s1. The summed E-state index contributed by atoms with van der Waals surface area (Å²) in [5.41, 5.74) is 1.93. The van der Waals surface area contributed by atoms with Crippen molar-refractivity contribution in [3.63, 3.8) is 0 Å². The van der Waals surface area contributed by atoms with Crippen LogP contribution < -0.4 is 10.6 Å². The van der Waals surface area contributed by atoms with Crippen LogP contribution in [0.4, 0.5) is 5.69 Å². The Morgan fingerprint density at radius 2 is 2.30 bits per heavy atom. The normalized spacial score (nSPS) is 21.9. The number of carbonyl (C=O) groups excluding carboxylic acids is 1. The smallest absolute Gasteiger partial charge is 0.225 e. The summed E-state index contributed by atoms with van der Waals surface area (Å²) in [6, 6.07) is 6.21. The van der Waals surface area contributed by atoms with Crippen LogP contribution in [0.25, 0.3) is 0 Å². The molecule has 5 heteroatoms. The first kappa shape index (κ1) is 15.5. The number of hydrogen-bond donors (Lipinski definition) is 2. The molecule has 1 aliphatic heterocycles. The van der Waals surface area contributed by atoms with Crippen molar-refractivity contribution in [3.05, 3.63) is 28.2 Å². The minimum absolute atomic E-state index is 0.0366. The minimum atomic E-state index is 0.0366. The monoisotopic (exact) mass is 340 g/mol. The molecule has 0 bridgehead atoms. The maximum absolute atomic E-state index is 11.9. The molecule has 2 rings (SSSR count). The molecule has 1 amide bonds. The summed E-state index contributed by atoms with van der Waals surface area (Å²) in [5, 5.41) is 6.32. The highest BCUT2D eigenvalue weighted by molar-refractivity contribution is 9.10. The molecule has 0 saturated carbocycles. The van der Waals surface area contributed by atoms with E-state index in [-0.39, 0.29) is 12.0 Å². The molecule has 2 atom stereocenters. The van der Waals surface area contributed by atoms with Gasteiger partial charge in [0, 0.05) is 35.8 Å². The average molecular weight is 341 g/mol. The summed E-state index contributed by atoms with van der Waals surface area (Å²) in [6.07, 6.45) is 1.74. The Bertz CT molecular complexity index is 479. The van der Waals surface area contributed by atoms with Crippen LogP contribution in [0.2, 0.25) is 0 Å². The maximum atomic E-state index is 11.9. The number of carbonyl (C=O) groups is 1. The van der Waals surface area contributed by atoms with E-state index in [1.54, 1.807) is 0 Å². The lowest BCUT2D eigenvalue weighted by atomic mass is 10.1. The first-order chi connectivity index (χ1) is 9.56. The van der Waals surface area contributed by atoms with Gasteiger partial charge in [0.25, 0.3) is 0 Å². The molecule has 2 N–H and O–H groups in total. The lowest BCUT2D eigenvalue weighted by Gasteiger charge is -2.16. The van der Waals surface area contributed by atoms with Crippen molar-refractivity contribution in [1.29, 1.82) is 0 Å². The van der Waals surface area contributed by atoms with Crippen molar-refractivity contribution >= 4 is 27.5 Å². The number of benzene rings is 1. The third kappa shape index (κ3) is 4.30. The Labute approximate surface area is 128 Å². The largest absolute Gasteiger partial charge is 0.377 e. The Balaban J connectivity index is 1.75. The zero-order chi connectivity index (χ0) is 14.5. The Hall–Kier alpha value is -0.910. The van der Waals surface area contributed by atoms with E-state index in [9.17, 15) is 4.79 Å². The average Bonchev–Trinajstić information content (AvgIpc) is 2.79. The molecular weight excluding hydrogens is 320 g/mol. The van der Waals surface area contributed by atoms with Crippen LogP contribution in [0.3, 0.4) is 0 Å². The van der Waals surface area contributed by atoms with Crippen LogP contribution in [0, 0.1) is 6.92 Å². The van der Waals surface area contributed by atoms with Gasteiger partial charge in [-0.2, -0.15) is 0 Å². The highest BCUT2D eigenvalue weighted by Gasteiger charge is 2.23. The van der Waals surface area contributed by atoms with E-state index in [4.69, 9.17) is 4.74 Å². The molecule has 1 aliphatic rings. The van der Waals surface area contributed by atoms with Gasteiger partial charge in [-0.3, -0.25) is 4.79 Å². The maximum Gasteiger partial charge on any atom is 0.225 e. The highest BCUT2D eigenvalue weighted by atomic mass is 79.9. The second-order valence-corrected chi connectivity index (χ2v) is 6.10. The fourth-order valence-electron chi connectivity index (χ4n) is 2.35. The molecule has 1 aromatic rings. The topological polar surface area (TPSA) is 50.4 Å². The Kier molecular flexibility index (Phi) is 5.57. The first-order valence-corrected chi connectivity index (χ1v) is 7.76. The summed E-state index contributed by atoms with van der Waals surface area (Å²) >= 11 is 3.41. The number of ether oxygens (including phenoxy) is 1. The van der Waals surface area contributed by atoms with E-state index in [1.165, 1.54) is 0 Å². The van der Waals surface area contributed by atoms with E-state index in [0.717, 1.165) is 28.8 Å². The third-order valence-electron chi connectivity index (χ3n) is 3.60. The number of nitrogens with one attached hydrogen (secondary N) is 2. The van der Waals surface area contributed by atoms with E-state index < -0.39 is 0 Å². The number of aryl methyl sites for hydroxylation is 1. The SMILES string of the molecule is Cc1cc(Br)ccc1NC(=O)CCN[C@@H]1CCO[C@H]1C. The van der Waals surface area contributed by atoms with Gasteiger partial charge in [-0.25, -0.2) is 0 Å². The van der Waals surface area contributed by atoms with Gasteiger partial charge >= 0.3 is 0 Å². The van der Waals surface area contributed by atoms with E-state index in [0.29, 0.717) is 19.0 Å². The number of amides is 1. The fraction of sp³-hybridized carbons (Fsp3) is 0.533. The predicted octanol–water partition coefficient (Wildman–Crippen LogP) is 2.85. The molecule has 1 fully saturated rings. The van der Waals surface area contributed by atoms with Gasteiger partial charge in [0.05, 0.1) is 6.10 Å². The van der Waals surface area contributed by atoms with Crippen LogP contribution in [-0.4, -0.2) is 31.2 Å². The second-order valence-electron chi connectivity index (χ2n) is 5.18. The van der Waals surface area contributed by atoms with Gasteiger partial charge < -0.3 is 15.4 Å². The van der Waals surface area contributed by atoms with E-state index in [2.05, 4.69) is 33.5 Å². The molecule has 110 valence electrons. The van der Waals surface area contributed by atoms with Crippen LogP contribution in [-0.2, 0) is 9.53 Å². The molecule has 0 radical (unpaired) electrons. The van der Waals surface area contributed by atoms with Crippen molar-refractivity contribution in [3.8, 4) is 0 Å². The second kappa shape index (κ2) is 7.20. The van der Waals surface area contributed by atoms with Gasteiger partial charge in [-0.1, -0.05) is 15.9 Å².